The van der Waals surface area contributed by atoms with Gasteiger partial charge in [-0.2, -0.15) is 0 Å². The van der Waals surface area contributed by atoms with Gasteiger partial charge < -0.3 is 20.4 Å². The minimum atomic E-state index is -1.37. The van der Waals surface area contributed by atoms with E-state index < -0.39 is 59.4 Å². The first kappa shape index (κ1) is 14.3. The van der Waals surface area contributed by atoms with Crippen molar-refractivity contribution in [2.45, 2.75) is 12.8 Å². The Labute approximate surface area is 113 Å². The third kappa shape index (κ3) is 2.00. The van der Waals surface area contributed by atoms with Crippen molar-refractivity contribution >= 4 is 23.9 Å². The van der Waals surface area contributed by atoms with Gasteiger partial charge in [0.15, 0.2) is 0 Å². The maximum Gasteiger partial charge on any atom is 0.307 e. The standard InChI is InChI=1S/C12H14O8/c13-9(14)4-2-5(10(15)16)7-3(4)1-6(11(17)18)8(7)12(19)20/h3-8H,1-2H2,(H,13,14)(H,15,16)(H,17,18)(H,19,20). The molecule has 0 spiro atoms. The number of carboxylic acids is 4. The van der Waals surface area contributed by atoms with Crippen molar-refractivity contribution in [1.29, 1.82) is 0 Å². The zero-order valence-corrected chi connectivity index (χ0v) is 10.3. The molecular weight excluding hydrogens is 272 g/mol. The Kier molecular flexibility index (Phi) is 3.41. The van der Waals surface area contributed by atoms with E-state index in [2.05, 4.69) is 0 Å². The summed E-state index contributed by atoms with van der Waals surface area (Å²) >= 11 is 0. The van der Waals surface area contributed by atoms with Crippen molar-refractivity contribution < 1.29 is 39.6 Å². The molecule has 0 aromatic rings. The molecule has 8 heteroatoms. The Morgan fingerprint density at radius 3 is 1.55 bits per heavy atom. The van der Waals surface area contributed by atoms with Gasteiger partial charge in [0.05, 0.1) is 23.7 Å². The minimum absolute atomic E-state index is 0.0995. The summed E-state index contributed by atoms with van der Waals surface area (Å²) in [4.78, 5) is 44.8. The number of carbonyl (C=O) groups is 4. The molecule has 0 aliphatic heterocycles. The Bertz CT molecular complexity index is 484. The van der Waals surface area contributed by atoms with E-state index in [1.165, 1.54) is 0 Å². The van der Waals surface area contributed by atoms with Crippen LogP contribution in [0.1, 0.15) is 12.8 Å². The second-order valence-corrected chi connectivity index (χ2v) is 5.41. The van der Waals surface area contributed by atoms with E-state index in [4.69, 9.17) is 15.3 Å². The predicted octanol–water partition coefficient (Wildman–Crippen LogP) is -0.171. The van der Waals surface area contributed by atoms with Crippen LogP contribution in [0.25, 0.3) is 0 Å². The van der Waals surface area contributed by atoms with Crippen molar-refractivity contribution in [3.05, 3.63) is 0 Å². The lowest BCUT2D eigenvalue weighted by Gasteiger charge is -2.21. The van der Waals surface area contributed by atoms with E-state index in [9.17, 15) is 24.3 Å². The van der Waals surface area contributed by atoms with E-state index >= 15 is 0 Å². The molecule has 0 heterocycles. The molecule has 2 saturated carbocycles. The fourth-order valence-corrected chi connectivity index (χ4v) is 3.86. The van der Waals surface area contributed by atoms with Gasteiger partial charge in [-0.1, -0.05) is 0 Å². The van der Waals surface area contributed by atoms with Gasteiger partial charge >= 0.3 is 23.9 Å². The molecule has 0 saturated heterocycles. The quantitative estimate of drug-likeness (QED) is 0.556. The number of carboxylic acid groups (broad SMARTS) is 4. The molecule has 4 N–H and O–H groups in total. The summed E-state index contributed by atoms with van der Waals surface area (Å²) in [5, 5.41) is 36.6. The van der Waals surface area contributed by atoms with E-state index in [0.29, 0.717) is 0 Å². The Balaban J connectivity index is 2.42. The third-order valence-electron chi connectivity index (χ3n) is 4.59. The largest absolute Gasteiger partial charge is 0.481 e. The number of hydrogen-bond donors (Lipinski definition) is 4. The van der Waals surface area contributed by atoms with E-state index in [1.807, 2.05) is 0 Å². The van der Waals surface area contributed by atoms with Crippen LogP contribution in [-0.2, 0) is 19.2 Å². The van der Waals surface area contributed by atoms with Crippen molar-refractivity contribution in [2.75, 3.05) is 0 Å². The van der Waals surface area contributed by atoms with Crippen molar-refractivity contribution in [3.63, 3.8) is 0 Å². The summed E-state index contributed by atoms with van der Waals surface area (Å²) < 4.78 is 0. The molecular formula is C12H14O8. The van der Waals surface area contributed by atoms with Crippen LogP contribution in [0.4, 0.5) is 0 Å². The van der Waals surface area contributed by atoms with Crippen molar-refractivity contribution in [2.24, 2.45) is 35.5 Å². The summed E-state index contributed by atoms with van der Waals surface area (Å²) in [6, 6.07) is 0. The number of aliphatic carboxylic acids is 4. The molecule has 2 rings (SSSR count). The normalized spacial score (nSPS) is 39.2. The van der Waals surface area contributed by atoms with Gasteiger partial charge in [-0.05, 0) is 24.7 Å². The topological polar surface area (TPSA) is 149 Å². The van der Waals surface area contributed by atoms with Crippen LogP contribution in [0.2, 0.25) is 0 Å². The van der Waals surface area contributed by atoms with Crippen LogP contribution in [0.15, 0.2) is 0 Å². The van der Waals surface area contributed by atoms with E-state index in [0.717, 1.165) is 0 Å². The fraction of sp³-hybridized carbons (Fsp3) is 0.667. The molecule has 0 amide bonds. The Hall–Kier alpha value is -2.12. The fourth-order valence-electron chi connectivity index (χ4n) is 3.86. The zero-order chi connectivity index (χ0) is 15.2. The molecule has 0 aromatic carbocycles. The Morgan fingerprint density at radius 2 is 1.15 bits per heavy atom. The average molecular weight is 286 g/mol. The van der Waals surface area contributed by atoms with Gasteiger partial charge in [0, 0.05) is 0 Å². The molecule has 2 fully saturated rings. The van der Waals surface area contributed by atoms with Gasteiger partial charge in [-0.3, -0.25) is 19.2 Å². The van der Waals surface area contributed by atoms with Crippen LogP contribution in [-0.4, -0.2) is 44.3 Å². The second kappa shape index (κ2) is 4.77. The highest BCUT2D eigenvalue weighted by Gasteiger charge is 2.61. The molecule has 6 atom stereocenters. The van der Waals surface area contributed by atoms with Crippen LogP contribution < -0.4 is 0 Å². The molecule has 0 radical (unpaired) electrons. The Morgan fingerprint density at radius 1 is 0.650 bits per heavy atom. The predicted molar refractivity (Wildman–Crippen MR) is 60.7 cm³/mol. The van der Waals surface area contributed by atoms with Gasteiger partial charge in [-0.15, -0.1) is 0 Å². The van der Waals surface area contributed by atoms with Gasteiger partial charge in [0.25, 0.3) is 0 Å². The SMILES string of the molecule is O=C(O)C1CC(C(=O)O)C2C1CC(C(=O)O)C2C(=O)O. The molecule has 2 aliphatic carbocycles. The first-order valence-electron chi connectivity index (χ1n) is 6.17. The number of rotatable bonds is 4. The lowest BCUT2D eigenvalue weighted by atomic mass is 9.82. The molecule has 6 unspecified atom stereocenters. The monoisotopic (exact) mass is 286 g/mol. The van der Waals surface area contributed by atoms with Gasteiger partial charge in [0.2, 0.25) is 0 Å². The molecule has 110 valence electrons. The first-order valence-corrected chi connectivity index (χ1v) is 6.17. The van der Waals surface area contributed by atoms with Crippen molar-refractivity contribution in [3.8, 4) is 0 Å². The summed E-state index contributed by atoms with van der Waals surface area (Å²) in [5.41, 5.74) is 0. The lowest BCUT2D eigenvalue weighted by Crippen LogP contribution is -2.34. The minimum Gasteiger partial charge on any atom is -0.481 e. The van der Waals surface area contributed by atoms with Crippen LogP contribution in [0.3, 0.4) is 0 Å². The molecule has 8 nitrogen and oxygen atoms in total. The molecule has 0 bridgehead atoms. The lowest BCUT2D eigenvalue weighted by molar-refractivity contribution is -0.156. The summed E-state index contributed by atoms with van der Waals surface area (Å²) in [7, 11) is 0. The average Bonchev–Trinajstić information content (AvgIpc) is 2.82. The maximum atomic E-state index is 11.3. The van der Waals surface area contributed by atoms with Gasteiger partial charge in [0.1, 0.15) is 0 Å². The van der Waals surface area contributed by atoms with Gasteiger partial charge in [-0.25, -0.2) is 0 Å². The van der Waals surface area contributed by atoms with E-state index in [-0.39, 0.29) is 12.8 Å². The highest BCUT2D eigenvalue weighted by molar-refractivity contribution is 5.84. The molecule has 0 aromatic heterocycles. The summed E-state index contributed by atoms with van der Waals surface area (Å²) in [6.45, 7) is 0. The number of hydrogen-bond acceptors (Lipinski definition) is 4. The summed E-state index contributed by atoms with van der Waals surface area (Å²) in [5.74, 6) is -11.5. The van der Waals surface area contributed by atoms with E-state index in [1.54, 1.807) is 0 Å². The zero-order valence-electron chi connectivity index (χ0n) is 10.3. The van der Waals surface area contributed by atoms with Crippen LogP contribution in [0.5, 0.6) is 0 Å². The smallest absolute Gasteiger partial charge is 0.307 e. The van der Waals surface area contributed by atoms with Crippen LogP contribution in [0, 0.1) is 35.5 Å². The summed E-state index contributed by atoms with van der Waals surface area (Å²) in [6.07, 6.45) is -0.242. The molecule has 20 heavy (non-hydrogen) atoms. The highest BCUT2D eigenvalue weighted by Crippen LogP contribution is 2.56. The second-order valence-electron chi connectivity index (χ2n) is 5.41. The maximum absolute atomic E-state index is 11.3. The molecule has 2 aliphatic rings. The third-order valence-corrected chi connectivity index (χ3v) is 4.59. The highest BCUT2D eigenvalue weighted by atomic mass is 16.4. The number of fused-ring (bicyclic) bond motifs is 1. The first-order chi connectivity index (χ1) is 9.25. The van der Waals surface area contributed by atoms with Crippen molar-refractivity contribution in [1.82, 2.24) is 0 Å². The van der Waals surface area contributed by atoms with Crippen LogP contribution >= 0.6 is 0 Å².